The van der Waals surface area contributed by atoms with E-state index in [4.69, 9.17) is 21.4 Å². The Balaban J connectivity index is 1.94. The predicted molar refractivity (Wildman–Crippen MR) is 71.9 cm³/mol. The number of hydrogen-bond acceptors (Lipinski definition) is 5. The van der Waals surface area contributed by atoms with Crippen molar-refractivity contribution in [1.29, 1.82) is 0 Å². The summed E-state index contributed by atoms with van der Waals surface area (Å²) < 4.78 is 5.60. The van der Waals surface area contributed by atoms with E-state index in [0.717, 1.165) is 13.1 Å². The van der Waals surface area contributed by atoms with Crippen molar-refractivity contribution in [3.8, 4) is 0 Å². The molecule has 6 nitrogen and oxygen atoms in total. The third-order valence-corrected chi connectivity index (χ3v) is 3.22. The number of aromatic carboxylic acids is 1. The lowest BCUT2D eigenvalue weighted by Gasteiger charge is -2.30. The number of ether oxygens (including phenoxy) is 1. The van der Waals surface area contributed by atoms with Crippen LogP contribution in [0.1, 0.15) is 10.4 Å². The highest BCUT2D eigenvalue weighted by Gasteiger charge is 2.18. The van der Waals surface area contributed by atoms with Gasteiger partial charge in [0.15, 0.2) is 0 Å². The molecule has 0 radical (unpaired) electrons. The highest BCUT2D eigenvalue weighted by Crippen LogP contribution is 2.20. The van der Waals surface area contributed by atoms with Crippen LogP contribution in [0.15, 0.2) is 12.3 Å². The van der Waals surface area contributed by atoms with E-state index in [1.807, 2.05) is 7.05 Å². The lowest BCUT2D eigenvalue weighted by Crippen LogP contribution is -2.43. The summed E-state index contributed by atoms with van der Waals surface area (Å²) in [6.45, 7) is 3.08. The van der Waals surface area contributed by atoms with Crippen LogP contribution in [0.3, 0.4) is 0 Å². The molecule has 0 bridgehead atoms. The van der Waals surface area contributed by atoms with E-state index in [2.05, 4.69) is 15.2 Å². The molecule has 1 aromatic heterocycles. The molecule has 2 heterocycles. The normalized spacial score (nSPS) is 20.2. The second-order valence-electron chi connectivity index (χ2n) is 4.50. The first-order valence-electron chi connectivity index (χ1n) is 5.99. The smallest absolute Gasteiger partial charge is 0.337 e. The number of nitrogens with one attached hydrogen (secondary N) is 1. The molecule has 0 amide bonds. The van der Waals surface area contributed by atoms with E-state index in [1.54, 1.807) is 0 Å². The molecule has 0 spiro atoms. The minimum Gasteiger partial charge on any atom is -0.478 e. The van der Waals surface area contributed by atoms with E-state index in [-0.39, 0.29) is 11.7 Å². The van der Waals surface area contributed by atoms with Gasteiger partial charge in [-0.1, -0.05) is 11.6 Å². The zero-order valence-corrected chi connectivity index (χ0v) is 11.4. The zero-order valence-electron chi connectivity index (χ0n) is 10.6. The maximum absolute atomic E-state index is 10.8. The Morgan fingerprint density at radius 3 is 3.16 bits per heavy atom. The third kappa shape index (κ3) is 3.79. The van der Waals surface area contributed by atoms with E-state index < -0.39 is 5.97 Å². The van der Waals surface area contributed by atoms with Crippen LogP contribution >= 0.6 is 11.6 Å². The molecule has 1 aliphatic heterocycles. The van der Waals surface area contributed by atoms with E-state index in [9.17, 15) is 4.79 Å². The van der Waals surface area contributed by atoms with Crippen molar-refractivity contribution in [2.45, 2.75) is 6.10 Å². The fourth-order valence-corrected chi connectivity index (χ4v) is 2.12. The van der Waals surface area contributed by atoms with Crippen LogP contribution in [0.25, 0.3) is 0 Å². The first-order chi connectivity index (χ1) is 9.06. The van der Waals surface area contributed by atoms with Gasteiger partial charge in [0.25, 0.3) is 0 Å². The Morgan fingerprint density at radius 2 is 2.53 bits per heavy atom. The molecule has 1 atom stereocenters. The molecule has 104 valence electrons. The van der Waals surface area contributed by atoms with E-state index in [0.29, 0.717) is 24.0 Å². The van der Waals surface area contributed by atoms with Crippen LogP contribution < -0.4 is 5.32 Å². The van der Waals surface area contributed by atoms with Crippen LogP contribution in [0, 0.1) is 0 Å². The summed E-state index contributed by atoms with van der Waals surface area (Å²) in [5.41, 5.74) is 0.0733. The summed E-state index contributed by atoms with van der Waals surface area (Å²) in [4.78, 5) is 17.0. The van der Waals surface area contributed by atoms with Gasteiger partial charge < -0.3 is 20.1 Å². The van der Waals surface area contributed by atoms with Gasteiger partial charge in [0.2, 0.25) is 0 Å². The van der Waals surface area contributed by atoms with Crippen molar-refractivity contribution in [1.82, 2.24) is 9.88 Å². The number of likely N-dealkylation sites (N-methyl/N-ethyl adjacent to an activating group) is 1. The van der Waals surface area contributed by atoms with Crippen LogP contribution in [0.2, 0.25) is 5.02 Å². The summed E-state index contributed by atoms with van der Waals surface area (Å²) in [5.74, 6) is -0.568. The van der Waals surface area contributed by atoms with E-state index >= 15 is 0 Å². The Bertz CT molecular complexity index is 470. The molecule has 1 fully saturated rings. The standard InChI is InChI=1S/C12H16ClN3O3/c1-16-2-3-19-9(7-16)6-15-11-10(13)4-8(5-14-11)12(17)18/h4-5,9H,2-3,6-7H2,1H3,(H,14,15)(H,17,18). The van der Waals surface area contributed by atoms with Crippen molar-refractivity contribution >= 4 is 23.4 Å². The minimum atomic E-state index is -1.04. The molecular formula is C12H16ClN3O3. The average molecular weight is 286 g/mol. The number of halogens is 1. The molecule has 0 aliphatic carbocycles. The van der Waals surface area contributed by atoms with Gasteiger partial charge in [0.05, 0.1) is 23.3 Å². The van der Waals surface area contributed by atoms with Crippen LogP contribution in [0.5, 0.6) is 0 Å². The zero-order chi connectivity index (χ0) is 13.8. The maximum Gasteiger partial charge on any atom is 0.337 e. The van der Waals surface area contributed by atoms with Gasteiger partial charge in [-0.25, -0.2) is 9.78 Å². The molecule has 2 rings (SSSR count). The van der Waals surface area contributed by atoms with Gasteiger partial charge in [-0.05, 0) is 13.1 Å². The number of carboxylic acids is 1. The number of nitrogens with zero attached hydrogens (tertiary/aromatic N) is 2. The molecule has 0 saturated carbocycles. The Labute approximate surface area is 116 Å². The third-order valence-electron chi connectivity index (χ3n) is 2.93. The predicted octanol–water partition coefficient (Wildman–Crippen LogP) is 1.18. The quantitative estimate of drug-likeness (QED) is 0.865. The van der Waals surface area contributed by atoms with Gasteiger partial charge in [-0.2, -0.15) is 0 Å². The SMILES string of the molecule is CN1CCOC(CNc2ncc(C(=O)O)cc2Cl)C1. The lowest BCUT2D eigenvalue weighted by atomic mass is 10.2. The van der Waals surface area contributed by atoms with Crippen molar-refractivity contribution in [2.24, 2.45) is 0 Å². The number of hydrogen-bond donors (Lipinski definition) is 2. The second kappa shape index (κ2) is 6.18. The minimum absolute atomic E-state index is 0.0733. The first kappa shape index (κ1) is 14.0. The fraction of sp³-hybridized carbons (Fsp3) is 0.500. The fourth-order valence-electron chi connectivity index (χ4n) is 1.89. The molecular weight excluding hydrogens is 270 g/mol. The Morgan fingerprint density at radius 1 is 1.74 bits per heavy atom. The Hall–Kier alpha value is -1.37. The molecule has 1 aromatic rings. The van der Waals surface area contributed by atoms with Gasteiger partial charge in [0.1, 0.15) is 5.82 Å². The largest absolute Gasteiger partial charge is 0.478 e. The molecule has 2 N–H and O–H groups in total. The van der Waals surface area contributed by atoms with Crippen molar-refractivity contribution < 1.29 is 14.6 Å². The van der Waals surface area contributed by atoms with Crippen LogP contribution in [0.4, 0.5) is 5.82 Å². The van der Waals surface area contributed by atoms with Gasteiger partial charge >= 0.3 is 5.97 Å². The lowest BCUT2D eigenvalue weighted by molar-refractivity contribution is -0.0117. The summed E-state index contributed by atoms with van der Waals surface area (Å²) in [6, 6.07) is 1.38. The van der Waals surface area contributed by atoms with E-state index in [1.165, 1.54) is 12.3 Å². The van der Waals surface area contributed by atoms with Crippen molar-refractivity contribution in [3.63, 3.8) is 0 Å². The summed E-state index contributed by atoms with van der Waals surface area (Å²) in [7, 11) is 2.04. The molecule has 0 aromatic carbocycles. The number of anilines is 1. The molecule has 19 heavy (non-hydrogen) atoms. The topological polar surface area (TPSA) is 74.7 Å². The Kier molecular flexibility index (Phi) is 4.57. The summed E-state index contributed by atoms with van der Waals surface area (Å²) >= 11 is 5.98. The maximum atomic E-state index is 10.8. The summed E-state index contributed by atoms with van der Waals surface area (Å²) in [6.07, 6.45) is 1.36. The van der Waals surface area contributed by atoms with Gasteiger partial charge in [-0.3, -0.25) is 0 Å². The number of carboxylic acid groups (broad SMARTS) is 1. The number of rotatable bonds is 4. The molecule has 7 heteroatoms. The number of aromatic nitrogens is 1. The van der Waals surface area contributed by atoms with Gasteiger partial charge in [-0.15, -0.1) is 0 Å². The highest BCUT2D eigenvalue weighted by molar-refractivity contribution is 6.33. The van der Waals surface area contributed by atoms with Crippen LogP contribution in [-0.4, -0.2) is 60.4 Å². The molecule has 1 aliphatic rings. The number of morpholine rings is 1. The average Bonchev–Trinajstić information content (AvgIpc) is 2.37. The highest BCUT2D eigenvalue weighted by atomic mass is 35.5. The first-order valence-corrected chi connectivity index (χ1v) is 6.37. The monoisotopic (exact) mass is 285 g/mol. The molecule has 1 saturated heterocycles. The van der Waals surface area contributed by atoms with Crippen molar-refractivity contribution in [3.05, 3.63) is 22.8 Å². The second-order valence-corrected chi connectivity index (χ2v) is 4.90. The van der Waals surface area contributed by atoms with Crippen molar-refractivity contribution in [2.75, 3.05) is 38.6 Å². The number of carbonyl (C=O) groups is 1. The summed E-state index contributed by atoms with van der Waals surface area (Å²) in [5, 5.41) is 12.2. The van der Waals surface area contributed by atoms with Crippen LogP contribution in [-0.2, 0) is 4.74 Å². The van der Waals surface area contributed by atoms with Gasteiger partial charge in [0, 0.05) is 25.8 Å². The molecule has 1 unspecified atom stereocenters. The number of pyridine rings is 1.